The number of imidazole rings is 1. The molecule has 33 heavy (non-hydrogen) atoms. The van der Waals surface area contributed by atoms with Crippen LogP contribution in [-0.4, -0.2) is 63.8 Å². The van der Waals surface area contributed by atoms with E-state index in [0.29, 0.717) is 12.1 Å². The van der Waals surface area contributed by atoms with Crippen LogP contribution in [0.2, 0.25) is 0 Å². The number of carbonyl (C=O) groups is 2. The molecule has 1 aliphatic carbocycles. The molecule has 1 N–H and O–H groups in total. The second-order valence-electron chi connectivity index (χ2n) is 10.7. The van der Waals surface area contributed by atoms with Crippen LogP contribution in [0.3, 0.4) is 0 Å². The second-order valence-corrected chi connectivity index (χ2v) is 10.7. The van der Waals surface area contributed by atoms with Crippen molar-refractivity contribution >= 4 is 22.7 Å². The molecule has 0 spiro atoms. The maximum absolute atomic E-state index is 12.9. The number of hydrogen-bond donors (Lipinski definition) is 1. The van der Waals surface area contributed by atoms with E-state index in [9.17, 15) is 14.4 Å². The van der Waals surface area contributed by atoms with Crippen molar-refractivity contribution in [1.82, 2.24) is 19.4 Å². The van der Waals surface area contributed by atoms with Crippen molar-refractivity contribution in [2.45, 2.75) is 58.4 Å². The Balaban J connectivity index is 1.21. The molecule has 3 heterocycles. The topological polar surface area (TPSA) is 78.4 Å². The number of amides is 1. The zero-order valence-corrected chi connectivity index (χ0v) is 19.9. The molecular formula is C26H36N4O3. The number of piperidine rings is 1. The van der Waals surface area contributed by atoms with Gasteiger partial charge in [0.25, 0.3) is 0 Å². The number of nitrogens with zero attached hydrogens (tertiary/aromatic N) is 3. The van der Waals surface area contributed by atoms with Gasteiger partial charge in [0.2, 0.25) is 5.91 Å². The summed E-state index contributed by atoms with van der Waals surface area (Å²) in [6, 6.07) is 5.64. The quantitative estimate of drug-likeness (QED) is 0.705. The Labute approximate surface area is 195 Å². The Morgan fingerprint density at radius 2 is 1.70 bits per heavy atom. The number of aromatic nitrogens is 2. The molecule has 2 aliphatic heterocycles. The Bertz CT molecular complexity index is 1080. The van der Waals surface area contributed by atoms with E-state index < -0.39 is 0 Å². The number of Topliss-reactive ketones (excluding diaryl/α,β-unsaturated/α-hetero) is 1. The average Bonchev–Trinajstić information content (AvgIpc) is 3.39. The summed E-state index contributed by atoms with van der Waals surface area (Å²) in [7, 11) is 0. The molecule has 1 aromatic carbocycles. The minimum absolute atomic E-state index is 0.0760. The molecule has 5 rings (SSSR count). The van der Waals surface area contributed by atoms with Crippen molar-refractivity contribution < 1.29 is 9.59 Å². The first kappa shape index (κ1) is 22.4. The summed E-state index contributed by atoms with van der Waals surface area (Å²) >= 11 is 0. The molecule has 0 radical (unpaired) electrons. The second kappa shape index (κ2) is 9.09. The first-order valence-electron chi connectivity index (χ1n) is 12.7. The van der Waals surface area contributed by atoms with Crippen LogP contribution in [0.4, 0.5) is 0 Å². The number of H-pyrrole nitrogens is 1. The van der Waals surface area contributed by atoms with Crippen LogP contribution in [0.15, 0.2) is 23.0 Å². The maximum atomic E-state index is 12.9. The summed E-state index contributed by atoms with van der Waals surface area (Å²) in [4.78, 5) is 45.3. The van der Waals surface area contributed by atoms with Gasteiger partial charge in [-0.2, -0.15) is 0 Å². The predicted octanol–water partition coefficient (Wildman–Crippen LogP) is 3.45. The number of carbonyl (C=O) groups excluding carboxylic acids is 2. The van der Waals surface area contributed by atoms with Gasteiger partial charge in [0.1, 0.15) is 0 Å². The van der Waals surface area contributed by atoms with E-state index in [2.05, 4.69) is 14.8 Å². The summed E-state index contributed by atoms with van der Waals surface area (Å²) in [5.41, 5.74) is 2.10. The molecule has 7 nitrogen and oxygen atoms in total. The van der Waals surface area contributed by atoms with Crippen LogP contribution < -0.4 is 5.69 Å². The van der Waals surface area contributed by atoms with Crippen molar-refractivity contribution in [3.8, 4) is 0 Å². The zero-order chi connectivity index (χ0) is 23.1. The molecule has 2 atom stereocenters. The lowest BCUT2D eigenvalue weighted by atomic mass is 9.82. The lowest BCUT2D eigenvalue weighted by Gasteiger charge is -2.33. The normalized spacial score (nSPS) is 24.5. The smallest absolute Gasteiger partial charge is 0.326 e. The number of ketones is 1. The van der Waals surface area contributed by atoms with Crippen LogP contribution in [0.1, 0.15) is 68.8 Å². The van der Waals surface area contributed by atoms with Gasteiger partial charge in [-0.1, -0.05) is 26.7 Å². The largest absolute Gasteiger partial charge is 0.341 e. The van der Waals surface area contributed by atoms with E-state index in [4.69, 9.17) is 0 Å². The van der Waals surface area contributed by atoms with Gasteiger partial charge in [-0.05, 0) is 55.7 Å². The van der Waals surface area contributed by atoms with Gasteiger partial charge in [-0.15, -0.1) is 0 Å². The number of rotatable bonds is 5. The monoisotopic (exact) mass is 452 g/mol. The molecule has 2 saturated heterocycles. The van der Waals surface area contributed by atoms with Crippen molar-refractivity contribution in [3.05, 3.63) is 34.2 Å². The lowest BCUT2D eigenvalue weighted by molar-refractivity contribution is -0.132. The number of nitrogens with one attached hydrogen (secondary N) is 1. The molecule has 1 amide bonds. The molecule has 1 saturated carbocycles. The van der Waals surface area contributed by atoms with Crippen molar-refractivity contribution in [2.75, 3.05) is 32.7 Å². The first-order chi connectivity index (χ1) is 15.9. The van der Waals surface area contributed by atoms with Crippen LogP contribution in [0.5, 0.6) is 0 Å². The Morgan fingerprint density at radius 1 is 1.03 bits per heavy atom. The van der Waals surface area contributed by atoms with Gasteiger partial charge in [0, 0.05) is 43.7 Å². The van der Waals surface area contributed by atoms with Crippen molar-refractivity contribution in [2.24, 2.45) is 17.8 Å². The highest BCUT2D eigenvalue weighted by Crippen LogP contribution is 2.36. The number of likely N-dealkylation sites (tertiary alicyclic amines) is 2. The van der Waals surface area contributed by atoms with Gasteiger partial charge >= 0.3 is 5.69 Å². The van der Waals surface area contributed by atoms with Gasteiger partial charge in [-0.3, -0.25) is 19.1 Å². The van der Waals surface area contributed by atoms with E-state index in [1.165, 1.54) is 25.7 Å². The SMILES string of the molecule is CC(C)C(=O)c1ccc2c(c1)[nH]c(=O)n2C1CCN(CC(=O)N2CC3CCCCC3C2)CC1. The molecule has 2 unspecified atom stereocenters. The standard InChI is InChI=1S/C26H36N4O3/c1-17(2)25(32)18-7-8-23-22(13-18)27-26(33)30(23)21-9-11-28(12-10-21)16-24(31)29-14-19-5-3-4-6-20(19)15-29/h7-8,13,17,19-21H,3-6,9-12,14-16H2,1-2H3,(H,27,33). The van der Waals surface area contributed by atoms with E-state index in [0.717, 1.165) is 61.9 Å². The Hall–Kier alpha value is -2.41. The van der Waals surface area contributed by atoms with E-state index in [-0.39, 0.29) is 29.3 Å². The van der Waals surface area contributed by atoms with Crippen LogP contribution >= 0.6 is 0 Å². The summed E-state index contributed by atoms with van der Waals surface area (Å²) in [5.74, 6) is 1.72. The first-order valence-corrected chi connectivity index (χ1v) is 12.7. The summed E-state index contributed by atoms with van der Waals surface area (Å²) in [6.07, 6.45) is 6.90. The average molecular weight is 453 g/mol. The minimum atomic E-state index is -0.117. The number of aromatic amines is 1. The lowest BCUT2D eigenvalue weighted by Crippen LogP contribution is -2.43. The zero-order valence-electron chi connectivity index (χ0n) is 19.9. The summed E-state index contributed by atoms with van der Waals surface area (Å²) < 4.78 is 1.85. The van der Waals surface area contributed by atoms with Crippen LogP contribution in [-0.2, 0) is 4.79 Å². The molecule has 3 aliphatic rings. The molecule has 3 fully saturated rings. The third-order valence-electron chi connectivity index (χ3n) is 8.14. The van der Waals surface area contributed by atoms with Crippen molar-refractivity contribution in [1.29, 1.82) is 0 Å². The third-order valence-corrected chi connectivity index (χ3v) is 8.14. The fraction of sp³-hybridized carbons (Fsp3) is 0.654. The molecule has 7 heteroatoms. The minimum Gasteiger partial charge on any atom is -0.341 e. The van der Waals surface area contributed by atoms with Crippen LogP contribution in [0.25, 0.3) is 11.0 Å². The molecule has 2 aromatic rings. The molecule has 178 valence electrons. The number of fused-ring (bicyclic) bond motifs is 2. The van der Waals surface area contributed by atoms with E-state index in [1.54, 1.807) is 6.07 Å². The van der Waals surface area contributed by atoms with Gasteiger partial charge in [0.05, 0.1) is 17.6 Å². The number of benzene rings is 1. The molecule has 0 bridgehead atoms. The Kier molecular flexibility index (Phi) is 6.16. The highest BCUT2D eigenvalue weighted by molar-refractivity contribution is 6.00. The molecular weight excluding hydrogens is 416 g/mol. The maximum Gasteiger partial charge on any atom is 0.326 e. The van der Waals surface area contributed by atoms with E-state index >= 15 is 0 Å². The predicted molar refractivity (Wildman–Crippen MR) is 128 cm³/mol. The van der Waals surface area contributed by atoms with Gasteiger partial charge < -0.3 is 9.88 Å². The van der Waals surface area contributed by atoms with Gasteiger partial charge in [0.15, 0.2) is 5.78 Å². The third kappa shape index (κ3) is 4.39. The fourth-order valence-corrected chi connectivity index (χ4v) is 6.22. The van der Waals surface area contributed by atoms with Crippen LogP contribution in [0, 0.1) is 17.8 Å². The highest BCUT2D eigenvalue weighted by Gasteiger charge is 2.37. The van der Waals surface area contributed by atoms with Gasteiger partial charge in [-0.25, -0.2) is 4.79 Å². The summed E-state index contributed by atoms with van der Waals surface area (Å²) in [6.45, 7) is 7.80. The summed E-state index contributed by atoms with van der Waals surface area (Å²) in [5, 5.41) is 0. The van der Waals surface area contributed by atoms with Crippen molar-refractivity contribution in [3.63, 3.8) is 0 Å². The number of hydrogen-bond acceptors (Lipinski definition) is 4. The molecule has 1 aromatic heterocycles. The van der Waals surface area contributed by atoms with E-state index in [1.807, 2.05) is 30.5 Å². The highest BCUT2D eigenvalue weighted by atomic mass is 16.2. The Morgan fingerprint density at radius 3 is 2.33 bits per heavy atom. The fourth-order valence-electron chi connectivity index (χ4n) is 6.22.